The Kier molecular flexibility index (Phi) is 24.4. The number of hydrogen-bond acceptors (Lipinski definition) is 1. The van der Waals surface area contributed by atoms with Gasteiger partial charge in [-0.25, -0.2) is 4.79 Å². The first-order valence-electron chi connectivity index (χ1n) is 0.651. The molecule has 0 aliphatic heterocycles. The molecule has 2 N–H and O–H groups in total. The predicted octanol–water partition coefficient (Wildman–Crippen LogP) is -2.08. The molecule has 0 heterocycles. The van der Waals surface area contributed by atoms with Crippen molar-refractivity contribution >= 4 is 23.1 Å². The zero-order valence-corrected chi connectivity index (χ0v) is 6.92. The molecule has 0 aliphatic carbocycles. The van der Waals surface area contributed by atoms with Gasteiger partial charge in [0.1, 0.15) is 0 Å². The zero-order valence-electron chi connectivity index (χ0n) is 4.21. The quantitative estimate of drug-likeness (QED) is 0.407. The molecule has 0 spiro atoms. The van der Waals surface area contributed by atoms with Crippen molar-refractivity contribution in [2.75, 3.05) is 0 Å². The Bertz CT molecular complexity index is 37.9. The van der Waals surface area contributed by atoms with Gasteiger partial charge < -0.3 is 11.6 Å². The van der Waals surface area contributed by atoms with Gasteiger partial charge in [-0.05, 0) is 0 Å². The molecule has 0 saturated carbocycles. The van der Waals surface area contributed by atoms with Crippen molar-refractivity contribution in [2.24, 2.45) is 0 Å². The Hall–Kier alpha value is 0.750. The van der Waals surface area contributed by atoms with Crippen LogP contribution in [0.5, 0.6) is 0 Å². The molecule has 0 fully saturated rings. The topological polar surface area (TPSA) is 57.5 Å². The summed E-state index contributed by atoms with van der Waals surface area (Å²) < 4.78 is 0. The minimum absolute atomic E-state index is 0. The summed E-state index contributed by atoms with van der Waals surface area (Å²) in [5, 5.41) is 13.9. The number of carboxylic acid groups (broad SMARTS) is 2. The average Bonchev–Trinajstić information content (AvgIpc) is 0.811. The van der Waals surface area contributed by atoms with Crippen molar-refractivity contribution in [3.8, 4) is 0 Å². The molecule has 0 aromatic rings. The molecular weight excluding hydrogens is 163 g/mol. The van der Waals surface area contributed by atoms with Gasteiger partial charge in [-0.3, -0.25) is 0 Å². The van der Waals surface area contributed by atoms with Crippen LogP contribution < -0.4 is 29.6 Å². The average molecular weight is 167 g/mol. The molecule has 5 heteroatoms. The van der Waals surface area contributed by atoms with Crippen LogP contribution in [0.25, 0.3) is 0 Å². The van der Waals surface area contributed by atoms with Gasteiger partial charge in [0.25, 0.3) is 0 Å². The van der Waals surface area contributed by atoms with Crippen LogP contribution in [0.15, 0.2) is 0 Å². The molecule has 0 radical (unpaired) electrons. The summed E-state index contributed by atoms with van der Waals surface area (Å²) in [5.41, 5.74) is 0. The summed E-state index contributed by atoms with van der Waals surface area (Å²) in [4.78, 5) is 8.56. The molecule has 0 aromatic heterocycles. The minimum Gasteiger partial charge on any atom is -1.00 e. The summed E-state index contributed by atoms with van der Waals surface area (Å²) in [5.74, 6) is 0. The van der Waals surface area contributed by atoms with Crippen LogP contribution in [0, 0.1) is 0 Å². The summed E-state index contributed by atoms with van der Waals surface area (Å²) in [6.45, 7) is 0. The SMILES string of the molecule is Br.O=C(O)O.[H-].[Na+]. The second-order valence-corrected chi connectivity index (χ2v) is 0.283. The number of hydrogen-bond donors (Lipinski definition) is 2. The second kappa shape index (κ2) is 9.23. The fourth-order valence-electron chi connectivity index (χ4n) is 0. The maximum Gasteiger partial charge on any atom is 1.00 e. The standard InChI is InChI=1S/CH2O3.BrH.Na.H/c2-1(3)4;;;/h(H2,2,3,4);1H;;/q;;+1;-1. The molecule has 0 atom stereocenters. The van der Waals surface area contributed by atoms with Crippen molar-refractivity contribution in [2.45, 2.75) is 0 Å². The number of rotatable bonds is 0. The van der Waals surface area contributed by atoms with Crippen LogP contribution in [-0.2, 0) is 0 Å². The van der Waals surface area contributed by atoms with E-state index in [1.807, 2.05) is 0 Å². The van der Waals surface area contributed by atoms with Gasteiger partial charge in [0.15, 0.2) is 0 Å². The van der Waals surface area contributed by atoms with Crippen LogP contribution in [0.3, 0.4) is 0 Å². The first-order valence-corrected chi connectivity index (χ1v) is 0.651. The predicted molar refractivity (Wildman–Crippen MR) is 22.1 cm³/mol. The summed E-state index contributed by atoms with van der Waals surface area (Å²) in [6, 6.07) is 0. The molecule has 0 unspecified atom stereocenters. The third-order valence-corrected chi connectivity index (χ3v) is 0. The molecule has 34 valence electrons. The smallest absolute Gasteiger partial charge is 1.00 e. The molecule has 0 saturated heterocycles. The largest absolute Gasteiger partial charge is 1.00 e. The zero-order chi connectivity index (χ0) is 3.58. The van der Waals surface area contributed by atoms with E-state index >= 15 is 0 Å². The van der Waals surface area contributed by atoms with E-state index in [1.54, 1.807) is 0 Å². The van der Waals surface area contributed by atoms with E-state index in [-0.39, 0.29) is 48.0 Å². The van der Waals surface area contributed by atoms with E-state index in [1.165, 1.54) is 0 Å². The molecule has 0 rings (SSSR count). The van der Waals surface area contributed by atoms with E-state index in [0.29, 0.717) is 0 Å². The molecule has 3 nitrogen and oxygen atoms in total. The van der Waals surface area contributed by atoms with E-state index in [0.717, 1.165) is 0 Å². The Morgan fingerprint density at radius 3 is 1.50 bits per heavy atom. The minimum atomic E-state index is -1.83. The first-order chi connectivity index (χ1) is 1.73. The van der Waals surface area contributed by atoms with Crippen LogP contribution >= 0.6 is 17.0 Å². The summed E-state index contributed by atoms with van der Waals surface area (Å²) >= 11 is 0. The van der Waals surface area contributed by atoms with E-state index in [2.05, 4.69) is 0 Å². The maximum atomic E-state index is 8.56. The Balaban J connectivity index is -0.0000000150. The second-order valence-electron chi connectivity index (χ2n) is 0.283. The van der Waals surface area contributed by atoms with E-state index in [4.69, 9.17) is 15.0 Å². The monoisotopic (exact) mass is 166 g/mol. The number of carbonyl (C=O) groups is 1. The normalized spacial score (nSPS) is 4.00. The Morgan fingerprint density at radius 1 is 1.50 bits per heavy atom. The molecule has 0 amide bonds. The van der Waals surface area contributed by atoms with Crippen molar-refractivity contribution < 1.29 is 46.0 Å². The van der Waals surface area contributed by atoms with Crippen molar-refractivity contribution in [1.82, 2.24) is 0 Å². The van der Waals surface area contributed by atoms with Crippen molar-refractivity contribution in [1.29, 1.82) is 0 Å². The van der Waals surface area contributed by atoms with Gasteiger partial charge in [0.05, 0.1) is 0 Å². The number of halogens is 1. The molecule has 0 aliphatic rings. The van der Waals surface area contributed by atoms with Gasteiger partial charge in [-0.1, -0.05) is 0 Å². The third-order valence-electron chi connectivity index (χ3n) is 0. The van der Waals surface area contributed by atoms with Crippen LogP contribution in [0.1, 0.15) is 1.43 Å². The van der Waals surface area contributed by atoms with E-state index < -0.39 is 6.16 Å². The third kappa shape index (κ3) is 119. The van der Waals surface area contributed by atoms with Gasteiger partial charge in [-0.2, -0.15) is 0 Å². The molecular formula is CH4BrNaO3. The molecule has 6 heavy (non-hydrogen) atoms. The molecule has 0 aromatic carbocycles. The van der Waals surface area contributed by atoms with Gasteiger partial charge in [-0.15, -0.1) is 17.0 Å². The first kappa shape index (κ1) is 15.9. The van der Waals surface area contributed by atoms with Crippen LogP contribution in [0.2, 0.25) is 0 Å². The van der Waals surface area contributed by atoms with Crippen molar-refractivity contribution in [3.05, 3.63) is 0 Å². The Labute approximate surface area is 68.9 Å². The van der Waals surface area contributed by atoms with Gasteiger partial charge in [0.2, 0.25) is 0 Å². The van der Waals surface area contributed by atoms with Crippen LogP contribution in [-0.4, -0.2) is 16.4 Å². The fraction of sp³-hybridized carbons (Fsp3) is 0. The van der Waals surface area contributed by atoms with E-state index in [9.17, 15) is 0 Å². The van der Waals surface area contributed by atoms with Crippen molar-refractivity contribution in [3.63, 3.8) is 0 Å². The fourth-order valence-corrected chi connectivity index (χ4v) is 0. The van der Waals surface area contributed by atoms with Gasteiger partial charge >= 0.3 is 35.7 Å². The summed E-state index contributed by atoms with van der Waals surface area (Å²) in [7, 11) is 0. The van der Waals surface area contributed by atoms with Crippen LogP contribution in [0.4, 0.5) is 4.79 Å². The Morgan fingerprint density at radius 2 is 1.50 bits per heavy atom. The maximum absolute atomic E-state index is 8.56. The van der Waals surface area contributed by atoms with Gasteiger partial charge in [0, 0.05) is 0 Å². The summed E-state index contributed by atoms with van der Waals surface area (Å²) in [6.07, 6.45) is -1.83. The molecule has 0 bridgehead atoms.